The lowest BCUT2D eigenvalue weighted by molar-refractivity contribution is -0.137. The highest BCUT2D eigenvalue weighted by Gasteiger charge is 2.32. The van der Waals surface area contributed by atoms with Crippen LogP contribution >= 0.6 is 11.6 Å². The molecule has 124 valence electrons. The van der Waals surface area contributed by atoms with Crippen molar-refractivity contribution >= 4 is 11.6 Å². The van der Waals surface area contributed by atoms with E-state index >= 15 is 0 Å². The van der Waals surface area contributed by atoms with Gasteiger partial charge in [0.2, 0.25) is 5.28 Å². The fourth-order valence-corrected chi connectivity index (χ4v) is 2.01. The Morgan fingerprint density at radius 1 is 1.22 bits per heavy atom. The van der Waals surface area contributed by atoms with Gasteiger partial charge in [-0.15, -0.1) is 10.2 Å². The van der Waals surface area contributed by atoms with Gasteiger partial charge in [-0.05, 0) is 43.1 Å². The molecular formula is C14H13ClF3N3O2. The van der Waals surface area contributed by atoms with Crippen molar-refractivity contribution in [3.8, 4) is 17.0 Å². The maximum Gasteiger partial charge on any atom is 0.416 e. The van der Waals surface area contributed by atoms with Crippen LogP contribution in [0, 0.1) is 6.92 Å². The van der Waals surface area contributed by atoms with E-state index in [0.29, 0.717) is 17.7 Å². The molecule has 0 unspecified atom stereocenters. The maximum absolute atomic E-state index is 13.0. The first kappa shape index (κ1) is 17.4. The first-order chi connectivity index (χ1) is 10.8. The molecule has 0 fully saturated rings. The van der Waals surface area contributed by atoms with Crippen molar-refractivity contribution < 1.29 is 22.6 Å². The molecule has 0 spiro atoms. The largest absolute Gasteiger partial charge is 0.467 e. The van der Waals surface area contributed by atoms with E-state index in [-0.39, 0.29) is 23.5 Å². The first-order valence-electron chi connectivity index (χ1n) is 6.61. The number of hydrogen-bond donors (Lipinski definition) is 0. The number of nitrogens with zero attached hydrogens (tertiary/aromatic N) is 3. The third-order valence-electron chi connectivity index (χ3n) is 2.92. The van der Waals surface area contributed by atoms with E-state index in [4.69, 9.17) is 21.1 Å². The zero-order valence-corrected chi connectivity index (χ0v) is 13.1. The van der Waals surface area contributed by atoms with Gasteiger partial charge in [-0.1, -0.05) is 0 Å². The Balaban J connectivity index is 2.52. The molecule has 0 radical (unpaired) electrons. The number of aromatic nitrogens is 3. The molecule has 0 aliphatic carbocycles. The van der Waals surface area contributed by atoms with Gasteiger partial charge in [0.05, 0.1) is 11.8 Å². The molecule has 0 saturated heterocycles. The summed E-state index contributed by atoms with van der Waals surface area (Å²) in [5.74, 6) is -0.0100. The van der Waals surface area contributed by atoms with Gasteiger partial charge in [0, 0.05) is 12.2 Å². The number of alkyl halides is 3. The molecule has 0 amide bonds. The van der Waals surface area contributed by atoms with E-state index in [1.54, 1.807) is 6.92 Å². The predicted molar refractivity (Wildman–Crippen MR) is 77.1 cm³/mol. The van der Waals surface area contributed by atoms with Gasteiger partial charge in [-0.3, -0.25) is 0 Å². The summed E-state index contributed by atoms with van der Waals surface area (Å²) < 4.78 is 49.3. The topological polar surface area (TPSA) is 57.1 Å². The highest BCUT2D eigenvalue weighted by Crippen LogP contribution is 2.38. The Morgan fingerprint density at radius 3 is 2.52 bits per heavy atom. The minimum absolute atomic E-state index is 0.0100. The maximum atomic E-state index is 13.0. The molecule has 1 aromatic carbocycles. The van der Waals surface area contributed by atoms with Crippen molar-refractivity contribution in [3.05, 3.63) is 34.7 Å². The lowest BCUT2D eigenvalue weighted by Gasteiger charge is -2.16. The van der Waals surface area contributed by atoms with Gasteiger partial charge in [0.1, 0.15) is 11.4 Å². The smallest absolute Gasteiger partial charge is 0.416 e. The summed E-state index contributed by atoms with van der Waals surface area (Å²) in [6.45, 7) is 3.46. The van der Waals surface area contributed by atoms with Gasteiger partial charge in [-0.25, -0.2) is 4.98 Å². The number of aryl methyl sites for hydroxylation is 1. The summed E-state index contributed by atoms with van der Waals surface area (Å²) in [4.78, 5) is 3.79. The van der Waals surface area contributed by atoms with Crippen LogP contribution in [-0.2, 0) is 10.9 Å². The lowest BCUT2D eigenvalue weighted by atomic mass is 10.0. The third-order valence-corrected chi connectivity index (χ3v) is 3.09. The lowest BCUT2D eigenvalue weighted by Crippen LogP contribution is -2.09. The van der Waals surface area contributed by atoms with Crippen LogP contribution in [0.5, 0.6) is 5.75 Å². The number of halogens is 4. The summed E-state index contributed by atoms with van der Waals surface area (Å²) in [6, 6.07) is 1.91. The Morgan fingerprint density at radius 2 is 1.96 bits per heavy atom. The Labute approximate surface area is 135 Å². The van der Waals surface area contributed by atoms with Crippen LogP contribution in [0.25, 0.3) is 11.3 Å². The molecule has 1 aromatic heterocycles. The predicted octanol–water partition coefficient (Wildman–Crippen LogP) is 3.89. The van der Waals surface area contributed by atoms with Gasteiger partial charge < -0.3 is 9.47 Å². The zero-order valence-electron chi connectivity index (χ0n) is 12.3. The van der Waals surface area contributed by atoms with E-state index in [2.05, 4.69) is 15.2 Å². The van der Waals surface area contributed by atoms with Crippen LogP contribution in [-0.4, -0.2) is 28.6 Å². The summed E-state index contributed by atoms with van der Waals surface area (Å²) in [6.07, 6.45) is -3.17. The summed E-state index contributed by atoms with van der Waals surface area (Å²) in [5, 5.41) is 7.38. The number of hydrogen-bond acceptors (Lipinski definition) is 5. The third kappa shape index (κ3) is 4.29. The van der Waals surface area contributed by atoms with Crippen molar-refractivity contribution in [1.82, 2.24) is 15.2 Å². The van der Waals surface area contributed by atoms with Crippen molar-refractivity contribution in [2.75, 3.05) is 13.4 Å². The SMILES string of the molecule is CCOCOc1cc(C(F)(F)F)cc(C)c1-c1cnc(Cl)nn1. The quantitative estimate of drug-likeness (QED) is 0.606. The van der Waals surface area contributed by atoms with E-state index in [1.165, 1.54) is 13.1 Å². The molecule has 23 heavy (non-hydrogen) atoms. The normalized spacial score (nSPS) is 11.6. The molecule has 0 bridgehead atoms. The summed E-state index contributed by atoms with van der Waals surface area (Å²) in [7, 11) is 0. The zero-order chi connectivity index (χ0) is 17.0. The fraction of sp³-hybridized carbons (Fsp3) is 0.357. The summed E-state index contributed by atoms with van der Waals surface area (Å²) >= 11 is 5.58. The average molecular weight is 348 g/mol. The van der Waals surface area contributed by atoms with Crippen molar-refractivity contribution in [1.29, 1.82) is 0 Å². The average Bonchev–Trinajstić information content (AvgIpc) is 2.47. The van der Waals surface area contributed by atoms with Crippen LogP contribution in [0.2, 0.25) is 5.28 Å². The highest BCUT2D eigenvalue weighted by atomic mass is 35.5. The van der Waals surface area contributed by atoms with Crippen LogP contribution in [0.4, 0.5) is 13.2 Å². The van der Waals surface area contributed by atoms with E-state index in [9.17, 15) is 13.2 Å². The molecule has 1 heterocycles. The molecule has 0 aliphatic rings. The minimum Gasteiger partial charge on any atom is -0.467 e. The number of benzene rings is 1. The van der Waals surface area contributed by atoms with Gasteiger partial charge >= 0.3 is 6.18 Å². The van der Waals surface area contributed by atoms with E-state index in [1.807, 2.05) is 0 Å². The molecule has 9 heteroatoms. The number of rotatable bonds is 5. The standard InChI is InChI=1S/C14H13ClF3N3O2/c1-3-22-7-23-11-5-9(14(16,17)18)4-8(2)12(11)10-6-19-13(15)21-20-10/h4-6H,3,7H2,1-2H3. The minimum atomic E-state index is -4.49. The van der Waals surface area contributed by atoms with Gasteiger partial charge in [0.15, 0.2) is 6.79 Å². The Bertz CT molecular complexity index is 678. The Hall–Kier alpha value is -1.93. The highest BCUT2D eigenvalue weighted by molar-refractivity contribution is 6.28. The number of ether oxygens (including phenoxy) is 2. The molecule has 0 atom stereocenters. The molecule has 0 saturated carbocycles. The molecule has 2 rings (SSSR count). The van der Waals surface area contributed by atoms with Crippen molar-refractivity contribution in [2.45, 2.75) is 20.0 Å². The molecule has 0 aliphatic heterocycles. The van der Waals surface area contributed by atoms with Crippen molar-refractivity contribution in [3.63, 3.8) is 0 Å². The molecule has 2 aromatic rings. The van der Waals surface area contributed by atoms with E-state index in [0.717, 1.165) is 12.1 Å². The molecule has 5 nitrogen and oxygen atoms in total. The van der Waals surface area contributed by atoms with Crippen LogP contribution in [0.1, 0.15) is 18.1 Å². The monoisotopic (exact) mass is 347 g/mol. The second kappa shape index (κ2) is 7.10. The molecule has 0 N–H and O–H groups in total. The van der Waals surface area contributed by atoms with Crippen molar-refractivity contribution in [2.24, 2.45) is 0 Å². The second-order valence-corrected chi connectivity index (χ2v) is 4.87. The van der Waals surface area contributed by atoms with Crippen LogP contribution < -0.4 is 4.74 Å². The first-order valence-corrected chi connectivity index (χ1v) is 6.98. The van der Waals surface area contributed by atoms with E-state index < -0.39 is 11.7 Å². The van der Waals surface area contributed by atoms with Crippen LogP contribution in [0.15, 0.2) is 18.3 Å². The molecular weight excluding hydrogens is 335 g/mol. The Kier molecular flexibility index (Phi) is 5.38. The van der Waals surface area contributed by atoms with Gasteiger partial charge in [-0.2, -0.15) is 13.2 Å². The fourth-order valence-electron chi connectivity index (χ4n) is 1.92. The second-order valence-electron chi connectivity index (χ2n) is 4.53. The summed E-state index contributed by atoms with van der Waals surface area (Å²) in [5.41, 5.74) is 0.117. The van der Waals surface area contributed by atoms with Gasteiger partial charge in [0.25, 0.3) is 0 Å². The van der Waals surface area contributed by atoms with Crippen LogP contribution in [0.3, 0.4) is 0 Å².